The van der Waals surface area contributed by atoms with E-state index in [0.717, 1.165) is 29.2 Å². The third-order valence-corrected chi connectivity index (χ3v) is 2.74. The molecule has 0 aliphatic heterocycles. The van der Waals surface area contributed by atoms with Crippen molar-refractivity contribution in [2.75, 3.05) is 14.1 Å². The minimum Gasteiger partial charge on any atom is -0.392 e. The van der Waals surface area contributed by atoms with Gasteiger partial charge in [-0.1, -0.05) is 6.07 Å². The zero-order valence-electron chi connectivity index (χ0n) is 11.0. The summed E-state index contributed by atoms with van der Waals surface area (Å²) in [6, 6.07) is 3.96. The molecule has 18 heavy (non-hydrogen) atoms. The number of aliphatic hydroxyl groups is 1. The number of nitrogens with zero attached hydrogens (tertiary/aromatic N) is 4. The second-order valence-corrected chi connectivity index (χ2v) is 4.57. The van der Waals surface area contributed by atoms with Crippen LogP contribution in [0.15, 0.2) is 24.5 Å². The highest BCUT2D eigenvalue weighted by molar-refractivity contribution is 5.34. The molecule has 5 nitrogen and oxygen atoms in total. The lowest BCUT2D eigenvalue weighted by atomic mass is 10.2. The fourth-order valence-electron chi connectivity index (χ4n) is 1.86. The summed E-state index contributed by atoms with van der Waals surface area (Å²) in [7, 11) is 4.04. The largest absolute Gasteiger partial charge is 0.392 e. The normalized spacial score (nSPS) is 11.2. The van der Waals surface area contributed by atoms with Gasteiger partial charge < -0.3 is 10.0 Å². The van der Waals surface area contributed by atoms with Crippen LogP contribution in [-0.4, -0.2) is 38.9 Å². The lowest BCUT2D eigenvalue weighted by Gasteiger charge is -2.12. The van der Waals surface area contributed by atoms with Gasteiger partial charge in [0.1, 0.15) is 0 Å². The first kappa shape index (κ1) is 12.7. The van der Waals surface area contributed by atoms with E-state index in [0.29, 0.717) is 0 Å². The van der Waals surface area contributed by atoms with Crippen LogP contribution in [0, 0.1) is 6.92 Å². The molecule has 0 saturated heterocycles. The Kier molecular flexibility index (Phi) is 3.74. The van der Waals surface area contributed by atoms with Crippen LogP contribution in [0.1, 0.15) is 16.8 Å². The SMILES string of the molecule is Cc1nn(-c2ncccc2CN(C)C)cc1CO. The maximum Gasteiger partial charge on any atom is 0.157 e. The predicted octanol–water partition coefficient (Wildman–Crippen LogP) is 1.13. The van der Waals surface area contributed by atoms with Gasteiger partial charge in [-0.05, 0) is 27.1 Å². The van der Waals surface area contributed by atoms with Gasteiger partial charge in [0.25, 0.3) is 0 Å². The fourth-order valence-corrected chi connectivity index (χ4v) is 1.86. The van der Waals surface area contributed by atoms with Crippen LogP contribution in [0.4, 0.5) is 0 Å². The molecule has 0 aliphatic rings. The van der Waals surface area contributed by atoms with Crippen LogP contribution in [0.3, 0.4) is 0 Å². The van der Waals surface area contributed by atoms with Crippen molar-refractivity contribution in [3.63, 3.8) is 0 Å². The first-order valence-corrected chi connectivity index (χ1v) is 5.87. The maximum atomic E-state index is 9.21. The lowest BCUT2D eigenvalue weighted by Crippen LogP contribution is -2.14. The summed E-state index contributed by atoms with van der Waals surface area (Å²) in [6.45, 7) is 2.69. The van der Waals surface area contributed by atoms with Crippen LogP contribution in [0.5, 0.6) is 0 Å². The van der Waals surface area contributed by atoms with Gasteiger partial charge in [-0.15, -0.1) is 0 Å². The van der Waals surface area contributed by atoms with Gasteiger partial charge in [-0.3, -0.25) is 0 Å². The van der Waals surface area contributed by atoms with E-state index in [1.807, 2.05) is 39.3 Å². The Morgan fingerprint density at radius 2 is 2.11 bits per heavy atom. The third kappa shape index (κ3) is 2.57. The Morgan fingerprint density at radius 3 is 2.72 bits per heavy atom. The highest BCUT2D eigenvalue weighted by Crippen LogP contribution is 2.15. The van der Waals surface area contributed by atoms with Crippen LogP contribution >= 0.6 is 0 Å². The summed E-state index contributed by atoms with van der Waals surface area (Å²) in [5, 5.41) is 13.6. The molecule has 0 bridgehead atoms. The van der Waals surface area contributed by atoms with Crippen molar-refractivity contribution in [3.8, 4) is 5.82 Å². The average molecular weight is 246 g/mol. The molecule has 0 spiro atoms. The molecule has 0 radical (unpaired) electrons. The number of rotatable bonds is 4. The quantitative estimate of drug-likeness (QED) is 0.878. The Hall–Kier alpha value is -1.72. The van der Waals surface area contributed by atoms with Crippen LogP contribution in [-0.2, 0) is 13.2 Å². The summed E-state index contributed by atoms with van der Waals surface area (Å²) in [5.41, 5.74) is 2.77. The van der Waals surface area contributed by atoms with Crippen molar-refractivity contribution in [3.05, 3.63) is 41.3 Å². The maximum absolute atomic E-state index is 9.21. The van der Waals surface area contributed by atoms with Gasteiger partial charge in [0.05, 0.1) is 12.3 Å². The fraction of sp³-hybridized carbons (Fsp3) is 0.385. The number of aryl methyl sites for hydroxylation is 1. The molecule has 0 fully saturated rings. The van der Waals surface area contributed by atoms with Gasteiger partial charge >= 0.3 is 0 Å². The number of hydrogen-bond donors (Lipinski definition) is 1. The number of aromatic nitrogens is 3. The Balaban J connectivity index is 2.42. The van der Waals surface area contributed by atoms with Crippen LogP contribution in [0.25, 0.3) is 5.82 Å². The molecule has 0 atom stereocenters. The van der Waals surface area contributed by atoms with Crippen LogP contribution < -0.4 is 0 Å². The number of pyridine rings is 1. The molecular formula is C13H18N4O. The standard InChI is InChI=1S/C13H18N4O/c1-10-12(9-18)8-17(15-10)13-11(7-16(2)3)5-4-6-14-13/h4-6,8,18H,7,9H2,1-3H3. The van der Waals surface area contributed by atoms with E-state index < -0.39 is 0 Å². The van der Waals surface area contributed by atoms with Crippen molar-refractivity contribution >= 4 is 0 Å². The molecule has 0 aromatic carbocycles. The summed E-state index contributed by atoms with van der Waals surface area (Å²) < 4.78 is 1.74. The molecule has 5 heteroatoms. The third-order valence-electron chi connectivity index (χ3n) is 2.74. The van der Waals surface area contributed by atoms with Gasteiger partial charge in [0.15, 0.2) is 5.82 Å². The lowest BCUT2D eigenvalue weighted by molar-refractivity contribution is 0.281. The van der Waals surface area contributed by atoms with Gasteiger partial charge in [-0.2, -0.15) is 5.10 Å². The summed E-state index contributed by atoms with van der Waals surface area (Å²) in [6.07, 6.45) is 3.58. The van der Waals surface area contributed by atoms with E-state index in [1.165, 1.54) is 0 Å². The van der Waals surface area contributed by atoms with E-state index in [1.54, 1.807) is 10.9 Å². The van der Waals surface area contributed by atoms with E-state index in [4.69, 9.17) is 0 Å². The monoisotopic (exact) mass is 246 g/mol. The average Bonchev–Trinajstić information content (AvgIpc) is 2.70. The summed E-state index contributed by atoms with van der Waals surface area (Å²) in [4.78, 5) is 6.47. The second-order valence-electron chi connectivity index (χ2n) is 4.57. The van der Waals surface area contributed by atoms with Crippen molar-refractivity contribution < 1.29 is 5.11 Å². The van der Waals surface area contributed by atoms with Crippen molar-refractivity contribution in [2.45, 2.75) is 20.1 Å². The minimum absolute atomic E-state index is 0.00167. The zero-order valence-corrected chi connectivity index (χ0v) is 11.0. The molecule has 2 aromatic rings. The number of aliphatic hydroxyl groups excluding tert-OH is 1. The highest BCUT2D eigenvalue weighted by atomic mass is 16.3. The summed E-state index contributed by atoms with van der Waals surface area (Å²) >= 11 is 0. The van der Waals surface area contributed by atoms with Crippen molar-refractivity contribution in [1.29, 1.82) is 0 Å². The van der Waals surface area contributed by atoms with Gasteiger partial charge in [0.2, 0.25) is 0 Å². The molecule has 0 saturated carbocycles. The molecule has 0 amide bonds. The molecular weight excluding hydrogens is 228 g/mol. The van der Waals surface area contributed by atoms with Crippen molar-refractivity contribution in [1.82, 2.24) is 19.7 Å². The topological polar surface area (TPSA) is 54.2 Å². The Bertz CT molecular complexity index is 534. The Labute approximate surface area is 107 Å². The van der Waals surface area contributed by atoms with Crippen molar-refractivity contribution in [2.24, 2.45) is 0 Å². The van der Waals surface area contributed by atoms with Gasteiger partial charge in [0, 0.05) is 30.1 Å². The molecule has 0 unspecified atom stereocenters. The number of hydrogen-bond acceptors (Lipinski definition) is 4. The van der Waals surface area contributed by atoms with Gasteiger partial charge in [-0.25, -0.2) is 9.67 Å². The minimum atomic E-state index is 0.00167. The molecule has 2 rings (SSSR count). The predicted molar refractivity (Wildman–Crippen MR) is 69.4 cm³/mol. The molecule has 0 aliphatic carbocycles. The molecule has 96 valence electrons. The van der Waals surface area contributed by atoms with E-state index >= 15 is 0 Å². The highest BCUT2D eigenvalue weighted by Gasteiger charge is 2.10. The Morgan fingerprint density at radius 1 is 1.33 bits per heavy atom. The smallest absolute Gasteiger partial charge is 0.157 e. The van der Waals surface area contributed by atoms with E-state index in [2.05, 4.69) is 15.0 Å². The molecule has 1 N–H and O–H groups in total. The first-order valence-electron chi connectivity index (χ1n) is 5.87. The van der Waals surface area contributed by atoms with Crippen LogP contribution in [0.2, 0.25) is 0 Å². The summed E-state index contributed by atoms with van der Waals surface area (Å²) in [5.74, 6) is 0.814. The molecule has 2 aromatic heterocycles. The molecule has 2 heterocycles. The van der Waals surface area contributed by atoms with E-state index in [-0.39, 0.29) is 6.61 Å². The van der Waals surface area contributed by atoms with E-state index in [9.17, 15) is 5.11 Å². The first-order chi connectivity index (χ1) is 8.61. The second kappa shape index (κ2) is 5.29. The zero-order chi connectivity index (χ0) is 13.1.